The molecule has 3 rings (SSSR count). The van der Waals surface area contributed by atoms with Gasteiger partial charge in [-0.15, -0.1) is 0 Å². The van der Waals surface area contributed by atoms with E-state index in [0.29, 0.717) is 14.5 Å². The summed E-state index contributed by atoms with van der Waals surface area (Å²) in [6.07, 6.45) is 1.11. The summed E-state index contributed by atoms with van der Waals surface area (Å²) < 4.78 is 3.12. The van der Waals surface area contributed by atoms with Crippen molar-refractivity contribution in [2.24, 2.45) is 0 Å². The van der Waals surface area contributed by atoms with E-state index in [9.17, 15) is 0 Å². The normalized spacial score (nSPS) is 10.9. The number of benzene rings is 2. The average molecular weight is 285 g/mol. The predicted octanol–water partition coefficient (Wildman–Crippen LogP) is 3.80. The summed E-state index contributed by atoms with van der Waals surface area (Å²) in [7, 11) is 0. The third kappa shape index (κ3) is 2.22. The van der Waals surface area contributed by atoms with E-state index in [0.717, 1.165) is 6.42 Å². The van der Waals surface area contributed by atoms with Crippen LogP contribution in [0.15, 0.2) is 54.6 Å². The molecule has 0 unspecified atom stereocenters. The van der Waals surface area contributed by atoms with Crippen molar-refractivity contribution in [3.63, 3.8) is 0 Å². The van der Waals surface area contributed by atoms with Crippen LogP contribution >= 0.6 is 0 Å². The van der Waals surface area contributed by atoms with Gasteiger partial charge in [-0.05, 0) is 0 Å². The molecular weight excluding hydrogens is 271 g/mol. The van der Waals surface area contributed by atoms with Crippen LogP contribution in [0.5, 0.6) is 0 Å². The van der Waals surface area contributed by atoms with Crippen LogP contribution in [0.1, 0.15) is 15.6 Å². The van der Waals surface area contributed by atoms with E-state index in [4.69, 9.17) is 0 Å². The molecular formula is C16H14Se. The molecule has 0 spiro atoms. The second-order valence-corrected chi connectivity index (χ2v) is 6.81. The van der Waals surface area contributed by atoms with Crippen LogP contribution in [0.4, 0.5) is 0 Å². The first-order valence-electron chi connectivity index (χ1n) is 5.85. The van der Waals surface area contributed by atoms with Gasteiger partial charge in [0.25, 0.3) is 0 Å². The molecule has 0 N–H and O–H groups in total. The fraction of sp³-hybridized carbons (Fsp3) is 0.125. The van der Waals surface area contributed by atoms with Gasteiger partial charge in [0.2, 0.25) is 0 Å². The van der Waals surface area contributed by atoms with E-state index < -0.39 is 0 Å². The van der Waals surface area contributed by atoms with Crippen molar-refractivity contribution < 1.29 is 0 Å². The topological polar surface area (TPSA) is 0 Å². The number of hydrogen-bond donors (Lipinski definition) is 0. The minimum atomic E-state index is 0.527. The molecule has 0 saturated carbocycles. The van der Waals surface area contributed by atoms with Gasteiger partial charge in [-0.1, -0.05) is 0 Å². The van der Waals surface area contributed by atoms with E-state index in [2.05, 4.69) is 61.5 Å². The fourth-order valence-corrected chi connectivity index (χ4v) is 4.40. The molecule has 2 aromatic carbocycles. The quantitative estimate of drug-likeness (QED) is 0.628. The monoisotopic (exact) mass is 286 g/mol. The third-order valence-corrected chi connectivity index (χ3v) is 5.44. The Morgan fingerprint density at radius 1 is 0.941 bits per heavy atom. The molecule has 0 radical (unpaired) electrons. The maximum atomic E-state index is 2.38. The zero-order chi connectivity index (χ0) is 11.7. The number of rotatable bonds is 2. The van der Waals surface area contributed by atoms with Gasteiger partial charge in [0.05, 0.1) is 0 Å². The zero-order valence-corrected chi connectivity index (χ0v) is 11.5. The van der Waals surface area contributed by atoms with E-state index >= 15 is 0 Å². The Kier molecular flexibility index (Phi) is 2.88. The first kappa shape index (κ1) is 10.8. The van der Waals surface area contributed by atoms with Crippen molar-refractivity contribution in [1.82, 2.24) is 0 Å². The summed E-state index contributed by atoms with van der Waals surface area (Å²) in [4.78, 5) is 0. The van der Waals surface area contributed by atoms with Gasteiger partial charge >= 0.3 is 108 Å². The van der Waals surface area contributed by atoms with Crippen molar-refractivity contribution in [3.05, 3.63) is 70.2 Å². The molecule has 0 atom stereocenters. The molecule has 1 aromatic heterocycles. The minimum absolute atomic E-state index is 0.527. The summed E-state index contributed by atoms with van der Waals surface area (Å²) in [5.41, 5.74) is 2.87. The molecule has 1 heteroatoms. The molecule has 84 valence electrons. The molecule has 0 amide bonds. The van der Waals surface area contributed by atoms with Crippen LogP contribution in [0.3, 0.4) is 0 Å². The third-order valence-electron chi connectivity index (χ3n) is 3.10. The molecule has 1 heterocycles. The Labute approximate surface area is 108 Å². The Bertz CT molecular complexity index is 616. The van der Waals surface area contributed by atoms with Gasteiger partial charge in [-0.3, -0.25) is 0 Å². The summed E-state index contributed by atoms with van der Waals surface area (Å²) in [6, 6.07) is 19.8. The number of hydrogen-bond acceptors (Lipinski definition) is 0. The average Bonchev–Trinajstić information content (AvgIpc) is 2.74. The van der Waals surface area contributed by atoms with Crippen molar-refractivity contribution in [3.8, 4) is 0 Å². The Morgan fingerprint density at radius 3 is 2.53 bits per heavy atom. The van der Waals surface area contributed by atoms with Crippen LogP contribution in [0, 0.1) is 6.92 Å². The molecule has 17 heavy (non-hydrogen) atoms. The molecule has 3 aromatic rings. The first-order valence-corrected chi connectivity index (χ1v) is 7.56. The van der Waals surface area contributed by atoms with E-state index in [1.807, 2.05) is 0 Å². The van der Waals surface area contributed by atoms with Crippen LogP contribution in [0.2, 0.25) is 0 Å². The molecule has 0 aliphatic heterocycles. The maximum absolute atomic E-state index is 2.38. The second kappa shape index (κ2) is 4.52. The first-order chi connectivity index (χ1) is 8.33. The molecule has 0 fully saturated rings. The van der Waals surface area contributed by atoms with Crippen LogP contribution < -0.4 is 0 Å². The molecule has 0 aliphatic rings. The second-order valence-electron chi connectivity index (χ2n) is 4.35. The Balaban J connectivity index is 1.98. The van der Waals surface area contributed by atoms with Crippen LogP contribution in [-0.2, 0) is 6.42 Å². The van der Waals surface area contributed by atoms with Gasteiger partial charge in [-0.2, -0.15) is 0 Å². The van der Waals surface area contributed by atoms with Gasteiger partial charge in [0, 0.05) is 0 Å². The van der Waals surface area contributed by atoms with Crippen molar-refractivity contribution in [2.45, 2.75) is 13.3 Å². The predicted molar refractivity (Wildman–Crippen MR) is 74.9 cm³/mol. The van der Waals surface area contributed by atoms with Crippen LogP contribution in [0.25, 0.3) is 9.65 Å². The SMILES string of the molecule is Cc1ccccc1Cc1cc2ccccc2[se]1. The van der Waals surface area contributed by atoms with Gasteiger partial charge in [-0.25, -0.2) is 0 Å². The van der Waals surface area contributed by atoms with E-state index in [-0.39, 0.29) is 0 Å². The van der Waals surface area contributed by atoms with Crippen LogP contribution in [-0.4, -0.2) is 14.5 Å². The number of fused-ring (bicyclic) bond motifs is 1. The molecule has 0 saturated heterocycles. The molecule has 0 bridgehead atoms. The van der Waals surface area contributed by atoms with Gasteiger partial charge < -0.3 is 0 Å². The summed E-state index contributed by atoms with van der Waals surface area (Å²) in [6.45, 7) is 2.20. The standard InChI is InChI=1S/C16H14Se/c1-12-6-2-3-7-13(12)10-15-11-14-8-4-5-9-16(14)17-15/h2-9,11H,10H2,1H3. The molecule has 0 nitrogen and oxygen atoms in total. The fourth-order valence-electron chi connectivity index (χ4n) is 2.12. The van der Waals surface area contributed by atoms with Crippen molar-refractivity contribution >= 4 is 24.1 Å². The Morgan fingerprint density at radius 2 is 1.71 bits per heavy atom. The molecule has 0 aliphatic carbocycles. The summed E-state index contributed by atoms with van der Waals surface area (Å²) in [5, 5.41) is 1.43. The van der Waals surface area contributed by atoms with Gasteiger partial charge in [0.1, 0.15) is 0 Å². The van der Waals surface area contributed by atoms with Gasteiger partial charge in [0.15, 0.2) is 0 Å². The Hall–Kier alpha value is -1.30. The van der Waals surface area contributed by atoms with E-state index in [1.165, 1.54) is 20.8 Å². The summed E-state index contributed by atoms with van der Waals surface area (Å²) >= 11 is 0.527. The van der Waals surface area contributed by atoms with E-state index in [1.54, 1.807) is 4.44 Å². The zero-order valence-electron chi connectivity index (χ0n) is 9.81. The summed E-state index contributed by atoms with van der Waals surface area (Å²) in [5.74, 6) is 0. The number of aryl methyl sites for hydroxylation is 1. The van der Waals surface area contributed by atoms with Crippen molar-refractivity contribution in [2.75, 3.05) is 0 Å². The van der Waals surface area contributed by atoms with Crippen molar-refractivity contribution in [1.29, 1.82) is 0 Å².